The first-order chi connectivity index (χ1) is 15.6. The molecule has 1 aliphatic rings. The van der Waals surface area contributed by atoms with Crippen LogP contribution < -0.4 is 26.2 Å². The Balaban J connectivity index is 0.00000408. The van der Waals surface area contributed by atoms with E-state index >= 15 is 0 Å². The normalized spacial score (nSPS) is 14.4. The van der Waals surface area contributed by atoms with Crippen LogP contribution in [-0.2, 0) is 18.9 Å². The molecule has 1 amide bonds. The molecule has 1 aromatic carbocycles. The summed E-state index contributed by atoms with van der Waals surface area (Å²) in [5, 5.41) is 1.78. The molecule has 13 heteroatoms. The third-order valence-corrected chi connectivity index (χ3v) is 5.45. The van der Waals surface area contributed by atoms with E-state index in [1.165, 1.54) is 41.9 Å². The number of piperazine rings is 1. The Morgan fingerprint density at radius 2 is 1.65 bits per heavy atom. The van der Waals surface area contributed by atoms with Crippen LogP contribution >= 0.6 is 12.4 Å². The molecule has 188 valence electrons. The molecule has 0 atom stereocenters. The second-order valence-electron chi connectivity index (χ2n) is 7.75. The van der Waals surface area contributed by atoms with Crippen LogP contribution in [0, 0.1) is 0 Å². The molecule has 34 heavy (non-hydrogen) atoms. The first-order valence-corrected chi connectivity index (χ1v) is 10.4. The number of rotatable bonds is 7. The SMILES string of the molecule is Cl.Cn1c(N2CCN(CCCOc3ccc(NC(=O)C(F)(F)F)cc3)CC2)cc(=O)n(C)c1=O. The molecule has 1 saturated heterocycles. The van der Waals surface area contributed by atoms with Gasteiger partial charge in [0.1, 0.15) is 11.6 Å². The van der Waals surface area contributed by atoms with Crippen LogP contribution in [0.2, 0.25) is 0 Å². The van der Waals surface area contributed by atoms with Crippen LogP contribution in [0.15, 0.2) is 39.9 Å². The average Bonchev–Trinajstić information content (AvgIpc) is 2.78. The van der Waals surface area contributed by atoms with Gasteiger partial charge in [0.15, 0.2) is 0 Å². The number of hydrogen-bond acceptors (Lipinski definition) is 6. The predicted octanol–water partition coefficient (Wildman–Crippen LogP) is 1.60. The van der Waals surface area contributed by atoms with Gasteiger partial charge < -0.3 is 15.0 Å². The first-order valence-electron chi connectivity index (χ1n) is 10.4. The predicted molar refractivity (Wildman–Crippen MR) is 124 cm³/mol. The van der Waals surface area contributed by atoms with Gasteiger partial charge in [-0.15, -0.1) is 12.4 Å². The van der Waals surface area contributed by atoms with E-state index in [0.29, 0.717) is 31.3 Å². The van der Waals surface area contributed by atoms with Crippen molar-refractivity contribution in [1.29, 1.82) is 0 Å². The summed E-state index contributed by atoms with van der Waals surface area (Å²) in [4.78, 5) is 39.3. The molecule has 1 fully saturated rings. The molecule has 0 radical (unpaired) electrons. The molecule has 0 spiro atoms. The fraction of sp³-hybridized carbons (Fsp3) is 0.476. The van der Waals surface area contributed by atoms with E-state index in [1.807, 2.05) is 4.90 Å². The van der Waals surface area contributed by atoms with Crippen molar-refractivity contribution < 1.29 is 22.7 Å². The van der Waals surface area contributed by atoms with Crippen LogP contribution in [0.5, 0.6) is 5.75 Å². The smallest absolute Gasteiger partial charge is 0.471 e. The van der Waals surface area contributed by atoms with Crippen molar-refractivity contribution in [3.8, 4) is 5.75 Å². The summed E-state index contributed by atoms with van der Waals surface area (Å²) >= 11 is 0. The van der Waals surface area contributed by atoms with E-state index in [9.17, 15) is 27.6 Å². The second-order valence-corrected chi connectivity index (χ2v) is 7.75. The maximum absolute atomic E-state index is 12.3. The molecule has 1 aromatic heterocycles. The summed E-state index contributed by atoms with van der Waals surface area (Å²) in [6, 6.07) is 7.17. The molecular formula is C21H27ClF3N5O4. The number of aromatic nitrogens is 2. The van der Waals surface area contributed by atoms with E-state index < -0.39 is 12.1 Å². The van der Waals surface area contributed by atoms with E-state index in [0.717, 1.165) is 30.6 Å². The Hall–Kier alpha value is -2.99. The molecular weight excluding hydrogens is 479 g/mol. The van der Waals surface area contributed by atoms with Crippen LogP contribution in [-0.4, -0.2) is 65.4 Å². The molecule has 0 saturated carbocycles. The minimum atomic E-state index is -4.94. The van der Waals surface area contributed by atoms with Gasteiger partial charge >= 0.3 is 17.8 Å². The van der Waals surface area contributed by atoms with Gasteiger partial charge in [-0.1, -0.05) is 0 Å². The molecule has 0 unspecified atom stereocenters. The number of nitrogens with one attached hydrogen (secondary N) is 1. The zero-order chi connectivity index (χ0) is 24.2. The topological polar surface area (TPSA) is 88.8 Å². The number of amides is 1. The number of anilines is 2. The lowest BCUT2D eigenvalue weighted by Gasteiger charge is -2.36. The van der Waals surface area contributed by atoms with Gasteiger partial charge in [0.2, 0.25) is 0 Å². The van der Waals surface area contributed by atoms with Crippen molar-refractivity contribution >= 4 is 29.8 Å². The highest BCUT2D eigenvalue weighted by Crippen LogP contribution is 2.20. The molecule has 2 heterocycles. The van der Waals surface area contributed by atoms with Crippen LogP contribution in [0.4, 0.5) is 24.7 Å². The quantitative estimate of drug-likeness (QED) is 0.575. The number of halogens is 4. The maximum atomic E-state index is 12.3. The summed E-state index contributed by atoms with van der Waals surface area (Å²) in [5.74, 6) is -0.912. The monoisotopic (exact) mass is 505 g/mol. The van der Waals surface area contributed by atoms with Gasteiger partial charge in [0, 0.05) is 58.6 Å². The third kappa shape index (κ3) is 6.76. The molecule has 2 aromatic rings. The number of nitrogens with zero attached hydrogens (tertiary/aromatic N) is 4. The Labute approximate surface area is 200 Å². The lowest BCUT2D eigenvalue weighted by Crippen LogP contribution is -2.49. The Morgan fingerprint density at radius 1 is 1.03 bits per heavy atom. The first kappa shape index (κ1) is 27.3. The zero-order valence-corrected chi connectivity index (χ0v) is 19.6. The van der Waals surface area contributed by atoms with Crippen molar-refractivity contribution in [2.24, 2.45) is 14.1 Å². The second kappa shape index (κ2) is 11.4. The fourth-order valence-electron chi connectivity index (χ4n) is 3.54. The van der Waals surface area contributed by atoms with E-state index in [2.05, 4.69) is 4.90 Å². The standard InChI is InChI=1S/C21H26F3N5O4.ClH/c1-26-17(14-18(30)27(2)20(26)32)29-11-9-28(10-12-29)8-3-13-33-16-6-4-15(5-7-16)25-19(31)21(22,23)24;/h4-7,14H,3,8-13H2,1-2H3,(H,25,31);1H. The van der Waals surface area contributed by atoms with Crippen LogP contribution in [0.1, 0.15) is 6.42 Å². The molecule has 9 nitrogen and oxygen atoms in total. The van der Waals surface area contributed by atoms with Crippen molar-refractivity contribution in [2.75, 3.05) is 49.5 Å². The minimum absolute atomic E-state index is 0. The highest BCUT2D eigenvalue weighted by Gasteiger charge is 2.38. The summed E-state index contributed by atoms with van der Waals surface area (Å²) < 4.78 is 45.0. The van der Waals surface area contributed by atoms with E-state index in [1.54, 1.807) is 12.4 Å². The maximum Gasteiger partial charge on any atom is 0.471 e. The number of carbonyl (C=O) groups excluding carboxylic acids is 1. The number of carbonyl (C=O) groups is 1. The van der Waals surface area contributed by atoms with Crippen LogP contribution in [0.25, 0.3) is 0 Å². The number of ether oxygens (including phenoxy) is 1. The van der Waals surface area contributed by atoms with Gasteiger partial charge in [-0.25, -0.2) is 4.79 Å². The largest absolute Gasteiger partial charge is 0.494 e. The molecule has 0 bridgehead atoms. The van der Waals surface area contributed by atoms with Crippen LogP contribution in [0.3, 0.4) is 0 Å². The Kier molecular flexibility index (Phi) is 9.16. The highest BCUT2D eigenvalue weighted by molar-refractivity contribution is 5.94. The molecule has 1 N–H and O–H groups in total. The molecule has 1 aliphatic heterocycles. The van der Waals surface area contributed by atoms with Gasteiger partial charge in [0.05, 0.1) is 6.61 Å². The molecule has 3 rings (SSSR count). The van der Waals surface area contributed by atoms with E-state index in [4.69, 9.17) is 4.74 Å². The van der Waals surface area contributed by atoms with Gasteiger partial charge in [-0.2, -0.15) is 13.2 Å². The fourth-order valence-corrected chi connectivity index (χ4v) is 3.54. The van der Waals surface area contributed by atoms with Crippen molar-refractivity contribution in [3.63, 3.8) is 0 Å². The third-order valence-electron chi connectivity index (χ3n) is 5.45. The number of hydrogen-bond donors (Lipinski definition) is 1. The van der Waals surface area contributed by atoms with Crippen molar-refractivity contribution in [1.82, 2.24) is 14.0 Å². The van der Waals surface area contributed by atoms with Gasteiger partial charge in [-0.3, -0.25) is 23.6 Å². The Morgan fingerprint density at radius 3 is 2.24 bits per heavy atom. The van der Waals surface area contributed by atoms with Gasteiger partial charge in [0.25, 0.3) is 5.56 Å². The van der Waals surface area contributed by atoms with Crippen molar-refractivity contribution in [3.05, 3.63) is 51.2 Å². The minimum Gasteiger partial charge on any atom is -0.494 e. The summed E-state index contributed by atoms with van der Waals surface area (Å²) in [7, 11) is 3.10. The average molecular weight is 506 g/mol. The van der Waals surface area contributed by atoms with Crippen molar-refractivity contribution in [2.45, 2.75) is 12.6 Å². The summed E-state index contributed by atoms with van der Waals surface area (Å²) in [6.45, 7) is 4.15. The summed E-state index contributed by atoms with van der Waals surface area (Å²) in [5.41, 5.74) is -0.646. The summed E-state index contributed by atoms with van der Waals surface area (Å²) in [6.07, 6.45) is -4.19. The number of alkyl halides is 3. The zero-order valence-electron chi connectivity index (χ0n) is 18.8. The van der Waals surface area contributed by atoms with E-state index in [-0.39, 0.29) is 29.3 Å². The lowest BCUT2D eigenvalue weighted by atomic mass is 10.2. The van der Waals surface area contributed by atoms with Gasteiger partial charge in [-0.05, 0) is 30.7 Å². The highest BCUT2D eigenvalue weighted by atomic mass is 35.5. The molecule has 0 aliphatic carbocycles. The lowest BCUT2D eigenvalue weighted by molar-refractivity contribution is -0.167. The number of benzene rings is 1. The Bertz CT molecular complexity index is 1090.